The van der Waals surface area contributed by atoms with Crippen molar-refractivity contribution < 1.29 is 14.3 Å². The number of piperidine rings is 1. The zero-order chi connectivity index (χ0) is 20.9. The minimum absolute atomic E-state index is 0.0206. The van der Waals surface area contributed by atoms with Gasteiger partial charge in [0.05, 0.1) is 24.8 Å². The van der Waals surface area contributed by atoms with Crippen LogP contribution in [0.15, 0.2) is 54.6 Å². The molecule has 2 atom stereocenters. The van der Waals surface area contributed by atoms with Gasteiger partial charge in [-0.05, 0) is 43.9 Å². The van der Waals surface area contributed by atoms with Crippen molar-refractivity contribution >= 4 is 17.5 Å². The highest BCUT2D eigenvalue weighted by molar-refractivity contribution is 5.86. The number of hydrogen-bond acceptors (Lipinski definition) is 4. The summed E-state index contributed by atoms with van der Waals surface area (Å²) in [7, 11) is 0. The smallest absolute Gasteiger partial charge is 0.265 e. The van der Waals surface area contributed by atoms with Gasteiger partial charge in [0.15, 0.2) is 6.10 Å². The molecule has 0 spiro atoms. The molecular weight excluding hydrogens is 378 g/mol. The average Bonchev–Trinajstić information content (AvgIpc) is 2.79. The largest absolute Gasteiger partial charge is 0.477 e. The third-order valence-corrected chi connectivity index (χ3v) is 5.82. The molecule has 6 heteroatoms. The number of nitrogens with zero attached hydrogens (tertiary/aromatic N) is 2. The van der Waals surface area contributed by atoms with Gasteiger partial charge in [-0.3, -0.25) is 9.59 Å². The van der Waals surface area contributed by atoms with Gasteiger partial charge < -0.3 is 19.9 Å². The molecule has 1 fully saturated rings. The fourth-order valence-electron chi connectivity index (χ4n) is 4.19. The lowest BCUT2D eigenvalue weighted by molar-refractivity contribution is -0.139. The zero-order valence-electron chi connectivity index (χ0n) is 17.4. The predicted molar refractivity (Wildman–Crippen MR) is 117 cm³/mol. The number of rotatable bonds is 5. The number of nitrogens with one attached hydrogen (secondary N) is 1. The standard InChI is InChI=1S/C24H29N3O3/c1-18(19-10-4-2-5-11-19)25-23(28)17-27-16-22(24(29)26-14-8-3-9-15-26)30-21-13-7-6-12-20(21)27/h2,4-7,10-13,18,22H,3,8-9,14-17H2,1H3,(H,25,28)/t18-,22+/m0/s1. The molecule has 2 aliphatic heterocycles. The summed E-state index contributed by atoms with van der Waals surface area (Å²) < 4.78 is 6.04. The molecule has 0 radical (unpaired) electrons. The molecule has 6 nitrogen and oxygen atoms in total. The Hall–Kier alpha value is -3.02. The van der Waals surface area contributed by atoms with Gasteiger partial charge >= 0.3 is 0 Å². The quantitative estimate of drug-likeness (QED) is 0.827. The highest BCUT2D eigenvalue weighted by Gasteiger charge is 2.34. The Labute approximate surface area is 177 Å². The molecule has 0 unspecified atom stereocenters. The van der Waals surface area contributed by atoms with E-state index in [1.807, 2.05) is 71.3 Å². The summed E-state index contributed by atoms with van der Waals surface area (Å²) in [5.74, 6) is 0.600. The molecular formula is C24H29N3O3. The van der Waals surface area contributed by atoms with Crippen LogP contribution in [0.3, 0.4) is 0 Å². The van der Waals surface area contributed by atoms with Crippen LogP contribution in [0.1, 0.15) is 37.8 Å². The summed E-state index contributed by atoms with van der Waals surface area (Å²) >= 11 is 0. The summed E-state index contributed by atoms with van der Waals surface area (Å²) in [6.07, 6.45) is 2.67. The first kappa shape index (κ1) is 20.3. The van der Waals surface area contributed by atoms with Crippen molar-refractivity contribution in [1.29, 1.82) is 0 Å². The Morgan fingerprint density at radius 1 is 1.03 bits per heavy atom. The van der Waals surface area contributed by atoms with Crippen LogP contribution < -0.4 is 15.0 Å². The molecule has 4 rings (SSSR count). The van der Waals surface area contributed by atoms with Crippen LogP contribution >= 0.6 is 0 Å². The van der Waals surface area contributed by atoms with E-state index in [4.69, 9.17) is 4.74 Å². The van der Waals surface area contributed by atoms with Gasteiger partial charge in [0, 0.05) is 13.1 Å². The number of likely N-dealkylation sites (tertiary alicyclic amines) is 1. The fraction of sp³-hybridized carbons (Fsp3) is 0.417. The minimum Gasteiger partial charge on any atom is -0.477 e. The number of carbonyl (C=O) groups excluding carboxylic acids is 2. The highest BCUT2D eigenvalue weighted by atomic mass is 16.5. The van der Waals surface area contributed by atoms with Gasteiger partial charge in [0.2, 0.25) is 5.91 Å². The topological polar surface area (TPSA) is 61.9 Å². The van der Waals surface area contributed by atoms with Crippen LogP contribution in [0.5, 0.6) is 5.75 Å². The van der Waals surface area contributed by atoms with Gasteiger partial charge in [0.25, 0.3) is 5.91 Å². The van der Waals surface area contributed by atoms with E-state index < -0.39 is 6.10 Å². The van der Waals surface area contributed by atoms with Gasteiger partial charge in [-0.25, -0.2) is 0 Å². The number of fused-ring (bicyclic) bond motifs is 1. The van der Waals surface area contributed by atoms with Crippen LogP contribution in [0.4, 0.5) is 5.69 Å². The van der Waals surface area contributed by atoms with Crippen molar-refractivity contribution in [3.05, 3.63) is 60.2 Å². The van der Waals surface area contributed by atoms with E-state index in [0.717, 1.165) is 37.2 Å². The Morgan fingerprint density at radius 2 is 1.73 bits per heavy atom. The first-order chi connectivity index (χ1) is 14.6. The van der Waals surface area contributed by atoms with E-state index >= 15 is 0 Å². The predicted octanol–water partition coefficient (Wildman–Crippen LogP) is 3.14. The Morgan fingerprint density at radius 3 is 2.50 bits per heavy atom. The minimum atomic E-state index is -0.586. The second-order valence-corrected chi connectivity index (χ2v) is 8.04. The van der Waals surface area contributed by atoms with E-state index in [1.165, 1.54) is 6.42 Å². The number of para-hydroxylation sites is 2. The number of anilines is 1. The molecule has 2 aromatic rings. The van der Waals surface area contributed by atoms with E-state index in [0.29, 0.717) is 12.3 Å². The molecule has 1 N–H and O–H groups in total. The number of benzene rings is 2. The van der Waals surface area contributed by atoms with E-state index in [-0.39, 0.29) is 24.4 Å². The third kappa shape index (κ3) is 4.58. The second-order valence-electron chi connectivity index (χ2n) is 8.04. The Balaban J connectivity index is 1.45. The molecule has 2 amide bonds. The maximum atomic E-state index is 13.0. The van der Waals surface area contributed by atoms with Crippen LogP contribution in [0.25, 0.3) is 0 Å². The SMILES string of the molecule is C[C@H](NC(=O)CN1C[C@H](C(=O)N2CCCCC2)Oc2ccccc21)c1ccccc1. The average molecular weight is 408 g/mol. The lowest BCUT2D eigenvalue weighted by Crippen LogP contribution is -2.53. The molecule has 0 bridgehead atoms. The van der Waals surface area contributed by atoms with Crippen molar-refractivity contribution in [1.82, 2.24) is 10.2 Å². The number of carbonyl (C=O) groups is 2. The Kier molecular flexibility index (Phi) is 6.21. The number of hydrogen-bond donors (Lipinski definition) is 1. The molecule has 1 saturated heterocycles. The van der Waals surface area contributed by atoms with Crippen molar-refractivity contribution in [2.45, 2.75) is 38.3 Å². The van der Waals surface area contributed by atoms with Crippen molar-refractivity contribution in [2.24, 2.45) is 0 Å². The van der Waals surface area contributed by atoms with Crippen LogP contribution in [-0.2, 0) is 9.59 Å². The van der Waals surface area contributed by atoms with Crippen molar-refractivity contribution in [3.8, 4) is 5.75 Å². The lowest BCUT2D eigenvalue weighted by atomic mass is 10.1. The van der Waals surface area contributed by atoms with E-state index in [9.17, 15) is 9.59 Å². The van der Waals surface area contributed by atoms with Crippen molar-refractivity contribution in [3.63, 3.8) is 0 Å². The summed E-state index contributed by atoms with van der Waals surface area (Å²) in [6, 6.07) is 17.4. The summed E-state index contributed by atoms with van der Waals surface area (Å²) in [5.41, 5.74) is 1.91. The first-order valence-corrected chi connectivity index (χ1v) is 10.8. The summed E-state index contributed by atoms with van der Waals surface area (Å²) in [6.45, 7) is 4.11. The fourth-order valence-corrected chi connectivity index (χ4v) is 4.19. The molecule has 158 valence electrons. The van der Waals surface area contributed by atoms with Crippen LogP contribution in [0, 0.1) is 0 Å². The van der Waals surface area contributed by atoms with Crippen LogP contribution in [0.2, 0.25) is 0 Å². The maximum absolute atomic E-state index is 13.0. The molecule has 2 heterocycles. The van der Waals surface area contributed by atoms with E-state index in [2.05, 4.69) is 5.32 Å². The molecule has 2 aromatic carbocycles. The van der Waals surface area contributed by atoms with Crippen molar-refractivity contribution in [2.75, 3.05) is 31.1 Å². The summed E-state index contributed by atoms with van der Waals surface area (Å²) in [4.78, 5) is 29.7. The molecule has 30 heavy (non-hydrogen) atoms. The first-order valence-electron chi connectivity index (χ1n) is 10.8. The maximum Gasteiger partial charge on any atom is 0.265 e. The number of amides is 2. The second kappa shape index (κ2) is 9.20. The molecule has 2 aliphatic rings. The van der Waals surface area contributed by atoms with Gasteiger partial charge in [-0.2, -0.15) is 0 Å². The monoisotopic (exact) mass is 407 g/mol. The van der Waals surface area contributed by atoms with Crippen LogP contribution in [-0.4, -0.2) is 49.0 Å². The van der Waals surface area contributed by atoms with Gasteiger partial charge in [-0.15, -0.1) is 0 Å². The highest BCUT2D eigenvalue weighted by Crippen LogP contribution is 2.33. The lowest BCUT2D eigenvalue weighted by Gasteiger charge is -2.38. The van der Waals surface area contributed by atoms with Gasteiger partial charge in [-0.1, -0.05) is 42.5 Å². The van der Waals surface area contributed by atoms with Gasteiger partial charge in [0.1, 0.15) is 5.75 Å². The zero-order valence-corrected chi connectivity index (χ0v) is 17.4. The molecule has 0 aromatic heterocycles. The third-order valence-electron chi connectivity index (χ3n) is 5.82. The Bertz CT molecular complexity index is 880. The number of ether oxygens (including phenoxy) is 1. The normalized spacial score (nSPS) is 19.4. The molecule has 0 saturated carbocycles. The van der Waals surface area contributed by atoms with E-state index in [1.54, 1.807) is 0 Å². The molecule has 0 aliphatic carbocycles. The summed E-state index contributed by atoms with van der Waals surface area (Å²) in [5, 5.41) is 3.06.